The predicted molar refractivity (Wildman–Crippen MR) is 108 cm³/mol. The van der Waals surface area contributed by atoms with Crippen LogP contribution in [0.25, 0.3) is 10.9 Å². The van der Waals surface area contributed by atoms with Gasteiger partial charge in [-0.1, -0.05) is 44.2 Å². The molecule has 2 amide bonds. The Balaban J connectivity index is 1.68. The maximum absolute atomic E-state index is 12.7. The summed E-state index contributed by atoms with van der Waals surface area (Å²) in [5, 5.41) is 9.74. The summed E-state index contributed by atoms with van der Waals surface area (Å²) in [5.74, 6) is -0.544. The number of rotatable bonds is 5. The summed E-state index contributed by atoms with van der Waals surface area (Å²) in [4.78, 5) is 29.3. The third-order valence-corrected chi connectivity index (χ3v) is 4.25. The highest BCUT2D eigenvalue weighted by Crippen LogP contribution is 2.22. The number of carbonyl (C=O) groups is 2. The number of amides is 2. The van der Waals surface area contributed by atoms with Gasteiger partial charge in [-0.05, 0) is 30.2 Å². The fourth-order valence-corrected chi connectivity index (χ4v) is 2.74. The summed E-state index contributed by atoms with van der Waals surface area (Å²) in [6.07, 6.45) is 0. The summed E-state index contributed by atoms with van der Waals surface area (Å²) in [6.45, 7) is 3.65. The number of benzene rings is 2. The molecule has 0 bridgehead atoms. The predicted octanol–water partition coefficient (Wildman–Crippen LogP) is 3.07. The molecule has 0 saturated heterocycles. The Bertz CT molecular complexity index is 1100. The lowest BCUT2D eigenvalue weighted by molar-refractivity contribution is -0.123. The molecular formula is C22H20N4O3. The molecule has 3 aromatic rings. The number of ether oxygens (including phenoxy) is 1. The molecule has 146 valence electrons. The molecule has 0 aliphatic heterocycles. The zero-order valence-electron chi connectivity index (χ0n) is 16.1. The second-order valence-corrected chi connectivity index (χ2v) is 6.67. The lowest BCUT2D eigenvalue weighted by Gasteiger charge is -2.13. The summed E-state index contributed by atoms with van der Waals surface area (Å²) in [7, 11) is 0. The molecular weight excluding hydrogens is 368 g/mol. The van der Waals surface area contributed by atoms with Gasteiger partial charge in [0.05, 0.1) is 16.6 Å². The van der Waals surface area contributed by atoms with Gasteiger partial charge in [-0.15, -0.1) is 0 Å². The molecule has 7 nitrogen and oxygen atoms in total. The lowest BCUT2D eigenvalue weighted by atomic mass is 10.0. The lowest BCUT2D eigenvalue weighted by Crippen LogP contribution is -2.44. The van der Waals surface area contributed by atoms with Gasteiger partial charge in [0.2, 0.25) is 0 Å². The van der Waals surface area contributed by atoms with Gasteiger partial charge in [0.1, 0.15) is 11.8 Å². The number of pyridine rings is 1. The number of hydrogen-bond donors (Lipinski definition) is 2. The van der Waals surface area contributed by atoms with Crippen LogP contribution in [0.2, 0.25) is 0 Å². The van der Waals surface area contributed by atoms with Crippen molar-refractivity contribution in [3.05, 3.63) is 71.4 Å². The SMILES string of the molecule is CC(C)c1cc(C(=O)NNC(=O)COc2ccccc2C#N)c2ccccc2n1. The minimum atomic E-state index is -0.548. The first-order valence-corrected chi connectivity index (χ1v) is 9.10. The molecule has 0 aliphatic rings. The second kappa shape index (κ2) is 8.85. The van der Waals surface area contributed by atoms with Gasteiger partial charge in [-0.3, -0.25) is 25.4 Å². The van der Waals surface area contributed by atoms with Crippen molar-refractivity contribution in [1.29, 1.82) is 5.26 Å². The number of hydrogen-bond acceptors (Lipinski definition) is 5. The van der Waals surface area contributed by atoms with Crippen LogP contribution in [0.1, 0.15) is 41.4 Å². The highest BCUT2D eigenvalue weighted by Gasteiger charge is 2.15. The summed E-state index contributed by atoms with van der Waals surface area (Å²) >= 11 is 0. The number of carbonyl (C=O) groups excluding carboxylic acids is 2. The molecule has 1 aromatic heterocycles. The van der Waals surface area contributed by atoms with Gasteiger partial charge >= 0.3 is 0 Å². The Morgan fingerprint density at radius 3 is 2.59 bits per heavy atom. The first-order chi connectivity index (χ1) is 14.0. The Morgan fingerprint density at radius 1 is 1.10 bits per heavy atom. The minimum absolute atomic E-state index is 0.148. The zero-order valence-corrected chi connectivity index (χ0v) is 16.1. The van der Waals surface area contributed by atoms with E-state index in [0.29, 0.717) is 27.8 Å². The van der Waals surface area contributed by atoms with Crippen molar-refractivity contribution in [1.82, 2.24) is 15.8 Å². The normalized spacial score (nSPS) is 10.4. The molecule has 0 fully saturated rings. The molecule has 2 aromatic carbocycles. The van der Waals surface area contributed by atoms with E-state index in [-0.39, 0.29) is 12.5 Å². The topological polar surface area (TPSA) is 104 Å². The first-order valence-electron chi connectivity index (χ1n) is 9.10. The third-order valence-electron chi connectivity index (χ3n) is 4.25. The summed E-state index contributed by atoms with van der Waals surface area (Å²) in [6, 6.07) is 17.7. The Hall–Kier alpha value is -3.92. The van der Waals surface area contributed by atoms with E-state index in [1.807, 2.05) is 44.2 Å². The molecule has 0 saturated carbocycles. The first kappa shape index (κ1) is 19.8. The van der Waals surface area contributed by atoms with Crippen LogP contribution < -0.4 is 15.6 Å². The van der Waals surface area contributed by atoms with Crippen molar-refractivity contribution in [3.63, 3.8) is 0 Å². The average molecular weight is 388 g/mol. The Kier molecular flexibility index (Phi) is 6.05. The minimum Gasteiger partial charge on any atom is -0.482 e. The van der Waals surface area contributed by atoms with E-state index in [2.05, 4.69) is 15.8 Å². The number of nitriles is 1. The molecule has 2 N–H and O–H groups in total. The fourth-order valence-electron chi connectivity index (χ4n) is 2.74. The highest BCUT2D eigenvalue weighted by atomic mass is 16.5. The van der Waals surface area contributed by atoms with E-state index >= 15 is 0 Å². The largest absolute Gasteiger partial charge is 0.482 e. The van der Waals surface area contributed by atoms with E-state index in [4.69, 9.17) is 10.00 Å². The number of hydrazine groups is 1. The molecule has 0 spiro atoms. The molecule has 3 rings (SSSR count). The van der Waals surface area contributed by atoms with Crippen molar-refractivity contribution in [2.45, 2.75) is 19.8 Å². The summed E-state index contributed by atoms with van der Waals surface area (Å²) in [5.41, 5.74) is 7.00. The van der Waals surface area contributed by atoms with Crippen molar-refractivity contribution in [2.75, 3.05) is 6.61 Å². The quantitative estimate of drug-likeness (QED) is 0.654. The van der Waals surface area contributed by atoms with E-state index < -0.39 is 11.8 Å². The van der Waals surface area contributed by atoms with Crippen molar-refractivity contribution in [2.24, 2.45) is 0 Å². The van der Waals surface area contributed by atoms with Gasteiger partial charge in [-0.25, -0.2) is 0 Å². The Labute approximate surface area is 168 Å². The molecule has 1 heterocycles. The zero-order chi connectivity index (χ0) is 20.8. The molecule has 29 heavy (non-hydrogen) atoms. The van der Waals surface area contributed by atoms with Gasteiger partial charge < -0.3 is 4.74 Å². The van der Waals surface area contributed by atoms with Crippen molar-refractivity contribution < 1.29 is 14.3 Å². The van der Waals surface area contributed by atoms with Crippen LogP contribution in [0, 0.1) is 11.3 Å². The molecule has 0 atom stereocenters. The Morgan fingerprint density at radius 2 is 1.83 bits per heavy atom. The van der Waals surface area contributed by atoms with E-state index in [1.165, 1.54) is 0 Å². The average Bonchev–Trinajstić information content (AvgIpc) is 2.75. The van der Waals surface area contributed by atoms with Crippen LogP contribution in [0.5, 0.6) is 5.75 Å². The molecule has 0 radical (unpaired) electrons. The number of nitrogens with zero attached hydrogens (tertiary/aromatic N) is 2. The van der Waals surface area contributed by atoms with Gasteiger partial charge in [0.15, 0.2) is 6.61 Å². The molecule has 0 aliphatic carbocycles. The number of nitrogens with one attached hydrogen (secondary N) is 2. The number of fused-ring (bicyclic) bond motifs is 1. The van der Waals surface area contributed by atoms with Crippen molar-refractivity contribution in [3.8, 4) is 11.8 Å². The number of para-hydroxylation sites is 2. The van der Waals surface area contributed by atoms with Gasteiger partial charge in [0.25, 0.3) is 11.8 Å². The monoisotopic (exact) mass is 388 g/mol. The number of aromatic nitrogens is 1. The molecule has 7 heteroatoms. The van der Waals surface area contributed by atoms with E-state index in [9.17, 15) is 9.59 Å². The fraction of sp³-hybridized carbons (Fsp3) is 0.182. The smallest absolute Gasteiger partial charge is 0.276 e. The standard InChI is InChI=1S/C22H20N4O3/c1-14(2)19-11-17(16-8-4-5-9-18(16)24-19)22(28)26-25-21(27)13-29-20-10-6-3-7-15(20)12-23/h3-11,14H,13H2,1-2H3,(H,25,27)(H,26,28). The van der Waals surface area contributed by atoms with Crippen LogP contribution in [-0.2, 0) is 4.79 Å². The van der Waals surface area contributed by atoms with E-state index in [1.54, 1.807) is 30.3 Å². The van der Waals surface area contributed by atoms with Crippen LogP contribution in [0.3, 0.4) is 0 Å². The van der Waals surface area contributed by atoms with Crippen LogP contribution in [-0.4, -0.2) is 23.4 Å². The van der Waals surface area contributed by atoms with Crippen molar-refractivity contribution >= 4 is 22.7 Å². The van der Waals surface area contributed by atoms with Crippen LogP contribution in [0.4, 0.5) is 0 Å². The summed E-state index contributed by atoms with van der Waals surface area (Å²) < 4.78 is 5.35. The van der Waals surface area contributed by atoms with Gasteiger partial charge in [-0.2, -0.15) is 5.26 Å². The van der Waals surface area contributed by atoms with Crippen LogP contribution in [0.15, 0.2) is 54.6 Å². The third kappa shape index (κ3) is 4.68. The molecule has 0 unspecified atom stereocenters. The second-order valence-electron chi connectivity index (χ2n) is 6.67. The van der Waals surface area contributed by atoms with E-state index in [0.717, 1.165) is 5.69 Å². The maximum atomic E-state index is 12.7. The highest BCUT2D eigenvalue weighted by molar-refractivity contribution is 6.06. The van der Waals surface area contributed by atoms with Crippen LogP contribution >= 0.6 is 0 Å². The van der Waals surface area contributed by atoms with Gasteiger partial charge in [0, 0.05) is 11.1 Å². The maximum Gasteiger partial charge on any atom is 0.276 e.